The number of hydrogen-bond donors (Lipinski definition) is 0. The Labute approximate surface area is 113 Å². The predicted octanol–water partition coefficient (Wildman–Crippen LogP) is 2.85. The van der Waals surface area contributed by atoms with Crippen LogP contribution < -0.4 is 0 Å². The van der Waals surface area contributed by atoms with E-state index in [1.54, 1.807) is 6.92 Å². The second kappa shape index (κ2) is 6.73. The second-order valence-electron chi connectivity index (χ2n) is 4.35. The Kier molecular flexibility index (Phi) is 5.30. The van der Waals surface area contributed by atoms with Gasteiger partial charge in [0.05, 0.1) is 0 Å². The number of carbonyl (C=O) groups excluding carboxylic acids is 2. The summed E-state index contributed by atoms with van der Waals surface area (Å²) in [6, 6.07) is 7.83. The van der Waals surface area contributed by atoms with Crippen LogP contribution in [-0.2, 0) is 19.1 Å². The topological polar surface area (TPSA) is 52.6 Å². The summed E-state index contributed by atoms with van der Waals surface area (Å²) in [5.41, 5.74) is 2.73. The van der Waals surface area contributed by atoms with Gasteiger partial charge < -0.3 is 9.47 Å². The van der Waals surface area contributed by atoms with Crippen LogP contribution in [0.4, 0.5) is 0 Å². The van der Waals surface area contributed by atoms with Crippen molar-refractivity contribution in [3.63, 3.8) is 0 Å². The van der Waals surface area contributed by atoms with Crippen molar-refractivity contribution in [3.8, 4) is 0 Å². The molecular weight excluding hydrogens is 244 g/mol. The minimum absolute atomic E-state index is 0.497. The Morgan fingerprint density at radius 3 is 2.16 bits per heavy atom. The maximum Gasteiger partial charge on any atom is 0.305 e. The highest BCUT2D eigenvalue weighted by Gasteiger charge is 2.17. The zero-order valence-corrected chi connectivity index (χ0v) is 11.6. The molecule has 0 saturated carbocycles. The molecule has 4 heteroatoms. The van der Waals surface area contributed by atoms with E-state index >= 15 is 0 Å². The largest absolute Gasteiger partial charge is 0.421 e. The molecule has 0 atom stereocenters. The van der Waals surface area contributed by atoms with Crippen LogP contribution in [0, 0.1) is 6.92 Å². The van der Waals surface area contributed by atoms with E-state index in [2.05, 4.69) is 0 Å². The molecule has 0 spiro atoms. The van der Waals surface area contributed by atoms with Crippen LogP contribution >= 0.6 is 0 Å². The fraction of sp³-hybridized carbons (Fsp3) is 0.333. The molecule has 0 aliphatic carbocycles. The molecule has 19 heavy (non-hydrogen) atoms. The lowest BCUT2D eigenvalue weighted by molar-refractivity contribution is -0.177. The van der Waals surface area contributed by atoms with Gasteiger partial charge in [-0.3, -0.25) is 9.59 Å². The SMILES string of the molecule is CC(=O)OC(OC(C)=O)/C(C)=C/c1cccc(C)c1. The van der Waals surface area contributed by atoms with Gasteiger partial charge in [0.25, 0.3) is 6.29 Å². The molecule has 0 bridgehead atoms. The van der Waals surface area contributed by atoms with E-state index in [0.29, 0.717) is 5.57 Å². The molecule has 0 aliphatic heterocycles. The first-order valence-electron chi connectivity index (χ1n) is 5.98. The summed E-state index contributed by atoms with van der Waals surface area (Å²) in [5.74, 6) is -0.994. The van der Waals surface area contributed by atoms with Gasteiger partial charge in [-0.05, 0) is 25.5 Å². The maximum atomic E-state index is 11.0. The highest BCUT2D eigenvalue weighted by molar-refractivity contribution is 5.69. The smallest absolute Gasteiger partial charge is 0.305 e. The molecule has 0 aromatic heterocycles. The maximum absolute atomic E-state index is 11.0. The second-order valence-corrected chi connectivity index (χ2v) is 4.35. The van der Waals surface area contributed by atoms with E-state index < -0.39 is 18.2 Å². The van der Waals surface area contributed by atoms with Gasteiger partial charge in [0, 0.05) is 19.4 Å². The van der Waals surface area contributed by atoms with Gasteiger partial charge in [0.2, 0.25) is 0 Å². The molecule has 0 radical (unpaired) electrons. The van der Waals surface area contributed by atoms with Crippen molar-refractivity contribution in [3.05, 3.63) is 41.0 Å². The van der Waals surface area contributed by atoms with Crippen LogP contribution in [-0.4, -0.2) is 18.2 Å². The minimum atomic E-state index is -0.976. The van der Waals surface area contributed by atoms with E-state index in [1.165, 1.54) is 13.8 Å². The molecular formula is C15H18O4. The van der Waals surface area contributed by atoms with Gasteiger partial charge in [-0.25, -0.2) is 0 Å². The number of aryl methyl sites for hydroxylation is 1. The lowest BCUT2D eigenvalue weighted by Crippen LogP contribution is -2.23. The first kappa shape index (κ1) is 15.0. The van der Waals surface area contributed by atoms with Crippen molar-refractivity contribution in [2.24, 2.45) is 0 Å². The summed E-state index contributed by atoms with van der Waals surface area (Å²) in [7, 11) is 0. The number of ether oxygens (including phenoxy) is 2. The van der Waals surface area contributed by atoms with Gasteiger partial charge in [0.15, 0.2) is 0 Å². The third kappa shape index (κ3) is 5.38. The molecule has 1 aromatic rings. The Morgan fingerprint density at radius 1 is 1.11 bits per heavy atom. The van der Waals surface area contributed by atoms with Crippen LogP contribution in [0.3, 0.4) is 0 Å². The predicted molar refractivity (Wildman–Crippen MR) is 72.2 cm³/mol. The molecule has 0 fully saturated rings. The number of esters is 2. The zero-order chi connectivity index (χ0) is 14.4. The number of rotatable bonds is 4. The summed E-state index contributed by atoms with van der Waals surface area (Å²) in [5, 5.41) is 0. The van der Waals surface area contributed by atoms with Crippen LogP contribution in [0.5, 0.6) is 0 Å². The van der Waals surface area contributed by atoms with Crippen LogP contribution in [0.2, 0.25) is 0 Å². The summed E-state index contributed by atoms with van der Waals surface area (Å²) in [6.07, 6.45) is 0.847. The molecule has 0 saturated heterocycles. The number of carbonyl (C=O) groups is 2. The van der Waals surface area contributed by atoms with E-state index in [-0.39, 0.29) is 0 Å². The third-order valence-electron chi connectivity index (χ3n) is 2.35. The quantitative estimate of drug-likeness (QED) is 0.618. The normalized spacial score (nSPS) is 11.3. The molecule has 0 N–H and O–H groups in total. The summed E-state index contributed by atoms with van der Waals surface area (Å²) in [6.45, 7) is 6.29. The first-order valence-corrected chi connectivity index (χ1v) is 5.98. The van der Waals surface area contributed by atoms with Crippen LogP contribution in [0.25, 0.3) is 6.08 Å². The molecule has 0 amide bonds. The van der Waals surface area contributed by atoms with Crippen LogP contribution in [0.15, 0.2) is 29.8 Å². The van der Waals surface area contributed by atoms with Crippen molar-refractivity contribution >= 4 is 18.0 Å². The molecule has 0 aliphatic rings. The first-order chi connectivity index (χ1) is 8.88. The fourth-order valence-corrected chi connectivity index (χ4v) is 1.60. The Balaban J connectivity index is 2.94. The average molecular weight is 262 g/mol. The Hall–Kier alpha value is -2.10. The standard InChI is InChI=1S/C15H18O4/c1-10-6-5-7-14(8-10)9-11(2)15(18-12(3)16)19-13(4)17/h5-9,15H,1-4H3/b11-9+. The van der Waals surface area contributed by atoms with Gasteiger partial charge in [-0.2, -0.15) is 0 Å². The Morgan fingerprint density at radius 2 is 1.68 bits per heavy atom. The van der Waals surface area contributed by atoms with Crippen LogP contribution in [0.1, 0.15) is 31.9 Å². The van der Waals surface area contributed by atoms with Crippen molar-refractivity contribution in [1.82, 2.24) is 0 Å². The van der Waals surface area contributed by atoms with Gasteiger partial charge in [0.1, 0.15) is 0 Å². The fourth-order valence-electron chi connectivity index (χ4n) is 1.60. The summed E-state index contributed by atoms with van der Waals surface area (Å²) < 4.78 is 9.95. The molecule has 0 unspecified atom stereocenters. The molecule has 0 heterocycles. The highest BCUT2D eigenvalue weighted by atomic mass is 16.7. The lowest BCUT2D eigenvalue weighted by atomic mass is 10.1. The van der Waals surface area contributed by atoms with Gasteiger partial charge >= 0.3 is 11.9 Å². The van der Waals surface area contributed by atoms with Crippen molar-refractivity contribution in [2.45, 2.75) is 34.0 Å². The third-order valence-corrected chi connectivity index (χ3v) is 2.35. The van der Waals surface area contributed by atoms with Crippen molar-refractivity contribution in [2.75, 3.05) is 0 Å². The minimum Gasteiger partial charge on any atom is -0.421 e. The summed E-state index contributed by atoms with van der Waals surface area (Å²) >= 11 is 0. The highest BCUT2D eigenvalue weighted by Crippen LogP contribution is 2.15. The van der Waals surface area contributed by atoms with E-state index in [1.807, 2.05) is 37.3 Å². The number of hydrogen-bond acceptors (Lipinski definition) is 4. The molecule has 1 aromatic carbocycles. The number of benzene rings is 1. The summed E-state index contributed by atoms with van der Waals surface area (Å²) in [4.78, 5) is 22.0. The lowest BCUT2D eigenvalue weighted by Gasteiger charge is -2.17. The molecule has 102 valence electrons. The average Bonchev–Trinajstić information content (AvgIpc) is 2.26. The van der Waals surface area contributed by atoms with Crippen molar-refractivity contribution < 1.29 is 19.1 Å². The van der Waals surface area contributed by atoms with Gasteiger partial charge in [-0.1, -0.05) is 29.8 Å². The van der Waals surface area contributed by atoms with E-state index in [9.17, 15) is 9.59 Å². The van der Waals surface area contributed by atoms with E-state index in [4.69, 9.17) is 9.47 Å². The zero-order valence-electron chi connectivity index (χ0n) is 11.6. The van der Waals surface area contributed by atoms with Crippen molar-refractivity contribution in [1.29, 1.82) is 0 Å². The Bertz CT molecular complexity index is 487. The van der Waals surface area contributed by atoms with E-state index in [0.717, 1.165) is 11.1 Å². The molecule has 1 rings (SSSR count). The monoisotopic (exact) mass is 262 g/mol. The molecule has 4 nitrogen and oxygen atoms in total. The van der Waals surface area contributed by atoms with Gasteiger partial charge in [-0.15, -0.1) is 0 Å².